The van der Waals surface area contributed by atoms with Crippen LogP contribution in [-0.4, -0.2) is 8.32 Å². The molecule has 170 valence electrons. The summed E-state index contributed by atoms with van der Waals surface area (Å²) in [6.07, 6.45) is 2.10. The van der Waals surface area contributed by atoms with Crippen LogP contribution in [0.2, 0.25) is 19.6 Å². The summed E-state index contributed by atoms with van der Waals surface area (Å²) in [7, 11) is -1.72. The van der Waals surface area contributed by atoms with Crippen molar-refractivity contribution in [2.75, 3.05) is 0 Å². The third-order valence-electron chi connectivity index (χ3n) is 7.40. The Kier molecular flexibility index (Phi) is 5.13. The summed E-state index contributed by atoms with van der Waals surface area (Å²) in [5, 5.41) is 0. The number of hydrogen-bond acceptors (Lipinski definition) is 1. The van der Waals surface area contributed by atoms with Crippen molar-refractivity contribution in [2.45, 2.75) is 51.4 Å². The van der Waals surface area contributed by atoms with Crippen LogP contribution in [0.25, 0.3) is 22.3 Å². The van der Waals surface area contributed by atoms with Gasteiger partial charge in [-0.25, -0.2) is 0 Å². The Hall–Kier alpha value is -2.94. The molecule has 1 unspecified atom stereocenters. The highest BCUT2D eigenvalue weighted by Crippen LogP contribution is 2.53. The van der Waals surface area contributed by atoms with Gasteiger partial charge in [0.2, 0.25) is 0 Å². The van der Waals surface area contributed by atoms with Crippen molar-refractivity contribution in [3.05, 3.63) is 118 Å². The highest BCUT2D eigenvalue weighted by molar-refractivity contribution is 6.69. The summed E-state index contributed by atoms with van der Waals surface area (Å²) in [6.45, 7) is 9.18. The topological polar surface area (TPSA) is 9.23 Å². The molecule has 0 spiro atoms. The second-order valence-corrected chi connectivity index (χ2v) is 15.1. The maximum Gasteiger partial charge on any atom is 0.184 e. The molecule has 4 aromatic carbocycles. The zero-order valence-corrected chi connectivity index (χ0v) is 21.6. The van der Waals surface area contributed by atoms with Crippen LogP contribution >= 0.6 is 0 Å². The molecule has 1 atom stereocenters. The maximum atomic E-state index is 6.82. The fraction of sp³-hybridized carbons (Fsp3) is 0.250. The Bertz CT molecular complexity index is 1350. The average molecular weight is 461 g/mol. The van der Waals surface area contributed by atoms with Gasteiger partial charge in [0.1, 0.15) is 0 Å². The van der Waals surface area contributed by atoms with Gasteiger partial charge in [0, 0.05) is 5.92 Å². The molecule has 1 nitrogen and oxygen atoms in total. The van der Waals surface area contributed by atoms with E-state index in [4.69, 9.17) is 4.43 Å². The number of rotatable bonds is 5. The van der Waals surface area contributed by atoms with Gasteiger partial charge in [-0.1, -0.05) is 91.9 Å². The van der Waals surface area contributed by atoms with Gasteiger partial charge in [0.05, 0.1) is 6.10 Å². The third kappa shape index (κ3) is 3.40. The molecule has 0 saturated carbocycles. The fourth-order valence-electron chi connectivity index (χ4n) is 6.13. The first-order chi connectivity index (χ1) is 16.5. The molecule has 34 heavy (non-hydrogen) atoms. The zero-order valence-electron chi connectivity index (χ0n) is 20.6. The van der Waals surface area contributed by atoms with E-state index in [1.165, 1.54) is 55.6 Å². The van der Waals surface area contributed by atoms with E-state index < -0.39 is 8.32 Å². The molecule has 6 rings (SSSR count). The fourth-order valence-corrected chi connectivity index (χ4v) is 7.28. The van der Waals surface area contributed by atoms with E-state index in [2.05, 4.69) is 111 Å². The van der Waals surface area contributed by atoms with Gasteiger partial charge >= 0.3 is 0 Å². The standard InChI is InChI=1S/C32H32OSi/c1-5-30(33-34(2,3)4)28-19-18-25-22-13-7-6-12-21(22)20-29(25)32(28)31-26-16-10-8-14-23(26)24-15-9-11-17-27(24)31/h6-19,30-31H,5,20H2,1-4H3. The molecule has 0 N–H and O–H groups in total. The largest absolute Gasteiger partial charge is 0.411 e. The van der Waals surface area contributed by atoms with Gasteiger partial charge in [-0.2, -0.15) is 0 Å². The van der Waals surface area contributed by atoms with Crippen LogP contribution in [0.15, 0.2) is 84.9 Å². The minimum atomic E-state index is -1.72. The Morgan fingerprint density at radius 2 is 1.32 bits per heavy atom. The molecular weight excluding hydrogens is 428 g/mol. The second-order valence-electron chi connectivity index (χ2n) is 10.7. The Balaban J connectivity index is 1.64. The SMILES string of the molecule is CCC(O[Si](C)(C)C)c1ccc2c(c1C1c3ccccc3-c3ccccc31)Cc1ccccc1-2. The van der Waals surface area contributed by atoms with Crippen LogP contribution in [-0.2, 0) is 10.8 Å². The van der Waals surface area contributed by atoms with Gasteiger partial charge < -0.3 is 4.43 Å². The minimum Gasteiger partial charge on any atom is -0.411 e. The predicted octanol–water partition coefficient (Wildman–Crippen LogP) is 8.72. The van der Waals surface area contributed by atoms with Gasteiger partial charge in [0.15, 0.2) is 8.32 Å². The summed E-state index contributed by atoms with van der Waals surface area (Å²) in [4.78, 5) is 0. The Morgan fingerprint density at radius 3 is 1.94 bits per heavy atom. The lowest BCUT2D eigenvalue weighted by atomic mass is 9.80. The molecule has 0 aliphatic heterocycles. The lowest BCUT2D eigenvalue weighted by Gasteiger charge is -2.31. The van der Waals surface area contributed by atoms with Crippen molar-refractivity contribution in [2.24, 2.45) is 0 Å². The molecule has 4 aromatic rings. The Labute approximate surface area is 204 Å². The van der Waals surface area contributed by atoms with Crippen molar-refractivity contribution in [1.29, 1.82) is 0 Å². The van der Waals surface area contributed by atoms with Crippen LogP contribution in [0.1, 0.15) is 58.7 Å². The van der Waals surface area contributed by atoms with E-state index in [0.717, 1.165) is 12.8 Å². The molecule has 0 radical (unpaired) electrons. The molecular formula is C32H32OSi. The molecule has 0 aromatic heterocycles. The smallest absolute Gasteiger partial charge is 0.184 e. The van der Waals surface area contributed by atoms with Crippen molar-refractivity contribution < 1.29 is 4.43 Å². The summed E-state index contributed by atoms with van der Waals surface area (Å²) >= 11 is 0. The van der Waals surface area contributed by atoms with Crippen LogP contribution in [0.4, 0.5) is 0 Å². The van der Waals surface area contributed by atoms with E-state index >= 15 is 0 Å². The van der Waals surface area contributed by atoms with Gasteiger partial charge in [-0.15, -0.1) is 0 Å². The second kappa shape index (κ2) is 8.08. The number of benzene rings is 4. The van der Waals surface area contributed by atoms with Crippen molar-refractivity contribution >= 4 is 8.32 Å². The summed E-state index contributed by atoms with van der Waals surface area (Å²) in [6, 6.07) is 31.7. The van der Waals surface area contributed by atoms with E-state index in [0.29, 0.717) is 0 Å². The lowest BCUT2D eigenvalue weighted by molar-refractivity contribution is 0.192. The molecule has 2 aliphatic rings. The monoisotopic (exact) mass is 460 g/mol. The Morgan fingerprint density at radius 1 is 0.735 bits per heavy atom. The quantitative estimate of drug-likeness (QED) is 0.234. The van der Waals surface area contributed by atoms with Gasteiger partial charge in [0.25, 0.3) is 0 Å². The van der Waals surface area contributed by atoms with Crippen LogP contribution in [0.5, 0.6) is 0 Å². The summed E-state index contributed by atoms with van der Waals surface area (Å²) in [5.74, 6) is 0.242. The summed E-state index contributed by atoms with van der Waals surface area (Å²) < 4.78 is 6.82. The van der Waals surface area contributed by atoms with Crippen LogP contribution < -0.4 is 0 Å². The van der Waals surface area contributed by atoms with Crippen LogP contribution in [0.3, 0.4) is 0 Å². The molecule has 0 fully saturated rings. The van der Waals surface area contributed by atoms with Gasteiger partial charge in [-0.05, 0) is 88.1 Å². The predicted molar refractivity (Wildman–Crippen MR) is 145 cm³/mol. The highest BCUT2D eigenvalue weighted by Gasteiger charge is 2.36. The molecule has 0 saturated heterocycles. The lowest BCUT2D eigenvalue weighted by Crippen LogP contribution is -2.28. The molecule has 0 amide bonds. The van der Waals surface area contributed by atoms with E-state index in [1.54, 1.807) is 0 Å². The maximum absolute atomic E-state index is 6.82. The van der Waals surface area contributed by atoms with Gasteiger partial charge in [-0.3, -0.25) is 0 Å². The highest BCUT2D eigenvalue weighted by atomic mass is 28.4. The average Bonchev–Trinajstić information content (AvgIpc) is 3.37. The van der Waals surface area contributed by atoms with Crippen LogP contribution in [0, 0.1) is 0 Å². The first-order valence-corrected chi connectivity index (χ1v) is 16.0. The van der Waals surface area contributed by atoms with E-state index in [-0.39, 0.29) is 12.0 Å². The van der Waals surface area contributed by atoms with Crippen molar-refractivity contribution in [1.82, 2.24) is 0 Å². The minimum absolute atomic E-state index is 0.121. The number of fused-ring (bicyclic) bond motifs is 6. The van der Waals surface area contributed by atoms with Crippen molar-refractivity contribution in [3.8, 4) is 22.3 Å². The van der Waals surface area contributed by atoms with Crippen molar-refractivity contribution in [3.63, 3.8) is 0 Å². The first-order valence-electron chi connectivity index (χ1n) is 12.6. The summed E-state index contributed by atoms with van der Waals surface area (Å²) in [5.41, 5.74) is 14.2. The zero-order chi connectivity index (χ0) is 23.4. The van der Waals surface area contributed by atoms with E-state index in [9.17, 15) is 0 Å². The first kappa shape index (κ1) is 21.6. The van der Waals surface area contributed by atoms with E-state index in [1.807, 2.05) is 0 Å². The molecule has 2 aliphatic carbocycles. The normalized spacial score (nSPS) is 14.9. The third-order valence-corrected chi connectivity index (χ3v) is 8.39. The molecule has 0 bridgehead atoms. The molecule has 0 heterocycles. The number of hydrogen-bond donors (Lipinski definition) is 0. The molecule has 2 heteroatoms.